The van der Waals surface area contributed by atoms with Gasteiger partial charge in [0.2, 0.25) is 10.0 Å². The van der Waals surface area contributed by atoms with Crippen LogP contribution in [0.3, 0.4) is 0 Å². The molecule has 0 spiro atoms. The fourth-order valence-corrected chi connectivity index (χ4v) is 4.98. The second-order valence-electron chi connectivity index (χ2n) is 7.07. The molecule has 1 fully saturated rings. The van der Waals surface area contributed by atoms with E-state index in [2.05, 4.69) is 15.5 Å². The van der Waals surface area contributed by atoms with E-state index in [9.17, 15) is 13.2 Å². The van der Waals surface area contributed by atoms with Gasteiger partial charge in [-0.05, 0) is 30.7 Å². The summed E-state index contributed by atoms with van der Waals surface area (Å²) in [7, 11) is -3.68. The zero-order valence-electron chi connectivity index (χ0n) is 17.1. The lowest BCUT2D eigenvalue weighted by Gasteiger charge is -2.27. The van der Waals surface area contributed by atoms with Crippen LogP contribution in [0, 0.1) is 6.92 Å². The van der Waals surface area contributed by atoms with Crippen molar-refractivity contribution in [3.63, 3.8) is 0 Å². The van der Waals surface area contributed by atoms with Crippen molar-refractivity contribution >= 4 is 15.9 Å². The van der Waals surface area contributed by atoms with Gasteiger partial charge in [0.25, 0.3) is 5.91 Å². The molecule has 1 aromatic heterocycles. The van der Waals surface area contributed by atoms with Gasteiger partial charge < -0.3 is 10.1 Å². The van der Waals surface area contributed by atoms with E-state index in [1.54, 1.807) is 31.2 Å². The molecule has 1 N–H and O–H groups in total. The standard InChI is InChI=1S/C21H23N5O4S/c1-16-20(24-26(23-16)18-8-3-2-4-9-18)21(27)22-15-17-7-5-6-10-19(17)31(28,29)25-11-13-30-14-12-25/h2-10H,11-15H2,1H3,(H,22,27). The summed E-state index contributed by atoms with van der Waals surface area (Å²) in [6.07, 6.45) is 0. The van der Waals surface area contributed by atoms with Crippen molar-refractivity contribution in [2.75, 3.05) is 26.3 Å². The normalized spacial score (nSPS) is 15.0. The topological polar surface area (TPSA) is 106 Å². The molecule has 2 aromatic carbocycles. The molecule has 0 radical (unpaired) electrons. The Hall–Kier alpha value is -3.08. The zero-order chi connectivity index (χ0) is 21.8. The number of amides is 1. The Labute approximate surface area is 180 Å². The van der Waals surface area contributed by atoms with Gasteiger partial charge in [-0.25, -0.2) is 8.42 Å². The Morgan fingerprint density at radius 2 is 1.71 bits per heavy atom. The monoisotopic (exact) mass is 441 g/mol. The van der Waals surface area contributed by atoms with Crippen LogP contribution < -0.4 is 5.32 Å². The molecule has 2 heterocycles. The summed E-state index contributed by atoms with van der Waals surface area (Å²) < 4.78 is 32.8. The predicted molar refractivity (Wildman–Crippen MR) is 113 cm³/mol. The number of nitrogens with zero attached hydrogens (tertiary/aromatic N) is 4. The molecule has 1 amide bonds. The minimum atomic E-state index is -3.68. The van der Waals surface area contributed by atoms with Crippen LogP contribution >= 0.6 is 0 Å². The van der Waals surface area contributed by atoms with E-state index in [1.165, 1.54) is 9.10 Å². The Balaban J connectivity index is 1.52. The molecule has 9 nitrogen and oxygen atoms in total. The zero-order valence-corrected chi connectivity index (χ0v) is 17.9. The van der Waals surface area contributed by atoms with E-state index in [0.717, 1.165) is 5.69 Å². The molecule has 4 rings (SSSR count). The van der Waals surface area contributed by atoms with E-state index >= 15 is 0 Å². The maximum atomic E-state index is 13.1. The summed E-state index contributed by atoms with van der Waals surface area (Å²) in [5.74, 6) is -0.418. The molecule has 0 bridgehead atoms. The molecular weight excluding hydrogens is 418 g/mol. The Morgan fingerprint density at radius 1 is 1.03 bits per heavy atom. The molecule has 0 aliphatic carbocycles. The maximum Gasteiger partial charge on any atom is 0.274 e. The lowest BCUT2D eigenvalue weighted by molar-refractivity contribution is 0.0730. The SMILES string of the molecule is Cc1nn(-c2ccccc2)nc1C(=O)NCc1ccccc1S(=O)(=O)N1CCOCC1. The van der Waals surface area contributed by atoms with Gasteiger partial charge in [-0.1, -0.05) is 36.4 Å². The summed E-state index contributed by atoms with van der Waals surface area (Å²) >= 11 is 0. The number of rotatable bonds is 6. The number of carbonyl (C=O) groups excluding carboxylic acids is 1. The fourth-order valence-electron chi connectivity index (χ4n) is 3.35. The molecule has 0 saturated carbocycles. The molecule has 0 atom stereocenters. The minimum absolute atomic E-state index is 0.0518. The van der Waals surface area contributed by atoms with Crippen molar-refractivity contribution in [3.05, 3.63) is 71.5 Å². The van der Waals surface area contributed by atoms with E-state index in [4.69, 9.17) is 4.74 Å². The smallest absolute Gasteiger partial charge is 0.274 e. The highest BCUT2D eigenvalue weighted by molar-refractivity contribution is 7.89. The van der Waals surface area contributed by atoms with Crippen molar-refractivity contribution in [1.29, 1.82) is 0 Å². The van der Waals surface area contributed by atoms with E-state index < -0.39 is 15.9 Å². The summed E-state index contributed by atoms with van der Waals surface area (Å²) in [4.78, 5) is 14.3. The van der Waals surface area contributed by atoms with Gasteiger partial charge in [0, 0.05) is 19.6 Å². The summed E-state index contributed by atoms with van der Waals surface area (Å²) in [6.45, 7) is 3.12. The molecule has 0 unspecified atom stereocenters. The van der Waals surface area contributed by atoms with Gasteiger partial charge in [0.1, 0.15) is 0 Å². The largest absolute Gasteiger partial charge is 0.379 e. The summed E-state index contributed by atoms with van der Waals surface area (Å²) in [6, 6.07) is 16.0. The van der Waals surface area contributed by atoms with Gasteiger partial charge in [0.05, 0.1) is 29.5 Å². The third kappa shape index (κ3) is 4.50. The first-order valence-electron chi connectivity index (χ1n) is 9.90. The molecule has 162 valence electrons. The number of hydrogen-bond acceptors (Lipinski definition) is 6. The average molecular weight is 442 g/mol. The molecule has 1 aliphatic heterocycles. The molecule has 1 aliphatic rings. The first kappa shape index (κ1) is 21.2. The molecule has 1 saturated heterocycles. The number of aryl methyl sites for hydroxylation is 1. The van der Waals surface area contributed by atoms with Crippen molar-refractivity contribution < 1.29 is 17.9 Å². The number of sulfonamides is 1. The van der Waals surface area contributed by atoms with E-state index in [-0.39, 0.29) is 17.1 Å². The van der Waals surface area contributed by atoms with Gasteiger partial charge in [-0.2, -0.15) is 14.2 Å². The minimum Gasteiger partial charge on any atom is -0.379 e. The summed E-state index contributed by atoms with van der Waals surface area (Å²) in [5, 5.41) is 11.4. The van der Waals surface area contributed by atoms with Gasteiger partial charge in [-0.15, -0.1) is 5.10 Å². The second kappa shape index (κ2) is 8.96. The first-order valence-corrected chi connectivity index (χ1v) is 11.3. The molecule has 31 heavy (non-hydrogen) atoms. The van der Waals surface area contributed by atoms with Gasteiger partial charge in [-0.3, -0.25) is 4.79 Å². The Kier molecular flexibility index (Phi) is 6.12. The fraction of sp³-hybridized carbons (Fsp3) is 0.286. The Bertz CT molecular complexity index is 1170. The van der Waals surface area contributed by atoms with Gasteiger partial charge >= 0.3 is 0 Å². The lowest BCUT2D eigenvalue weighted by Crippen LogP contribution is -2.41. The van der Waals surface area contributed by atoms with Crippen LogP contribution in [0.5, 0.6) is 0 Å². The van der Waals surface area contributed by atoms with Crippen LogP contribution in [0.2, 0.25) is 0 Å². The number of para-hydroxylation sites is 1. The van der Waals surface area contributed by atoms with Crippen LogP contribution in [-0.4, -0.2) is 59.9 Å². The number of carbonyl (C=O) groups is 1. The molecule has 3 aromatic rings. The molecular formula is C21H23N5O4S. The highest BCUT2D eigenvalue weighted by atomic mass is 32.2. The van der Waals surface area contributed by atoms with Crippen molar-refractivity contribution in [1.82, 2.24) is 24.6 Å². The first-order chi connectivity index (χ1) is 15.0. The third-order valence-corrected chi connectivity index (χ3v) is 6.98. The summed E-state index contributed by atoms with van der Waals surface area (Å²) in [5.41, 5.74) is 1.93. The quantitative estimate of drug-likeness (QED) is 0.622. The van der Waals surface area contributed by atoms with E-state index in [0.29, 0.717) is 37.6 Å². The number of nitrogens with one attached hydrogen (secondary N) is 1. The van der Waals surface area contributed by atoms with Crippen LogP contribution in [0.4, 0.5) is 0 Å². The van der Waals surface area contributed by atoms with Crippen LogP contribution in [0.25, 0.3) is 5.69 Å². The lowest BCUT2D eigenvalue weighted by atomic mass is 10.2. The van der Waals surface area contributed by atoms with Crippen LogP contribution in [0.15, 0.2) is 59.5 Å². The molecule has 10 heteroatoms. The highest BCUT2D eigenvalue weighted by Gasteiger charge is 2.28. The van der Waals surface area contributed by atoms with Crippen molar-refractivity contribution in [2.24, 2.45) is 0 Å². The second-order valence-corrected chi connectivity index (χ2v) is 8.97. The third-order valence-electron chi connectivity index (χ3n) is 4.98. The predicted octanol–water partition coefficient (Wildman–Crippen LogP) is 1.53. The van der Waals surface area contributed by atoms with E-state index in [1.807, 2.05) is 30.3 Å². The van der Waals surface area contributed by atoms with Crippen LogP contribution in [0.1, 0.15) is 21.7 Å². The number of aromatic nitrogens is 3. The maximum absolute atomic E-state index is 13.1. The Morgan fingerprint density at radius 3 is 2.45 bits per heavy atom. The number of benzene rings is 2. The number of ether oxygens (including phenoxy) is 1. The number of hydrogen-bond donors (Lipinski definition) is 1. The van der Waals surface area contributed by atoms with Crippen molar-refractivity contribution in [3.8, 4) is 5.69 Å². The number of morpholine rings is 1. The highest BCUT2D eigenvalue weighted by Crippen LogP contribution is 2.21. The van der Waals surface area contributed by atoms with Crippen molar-refractivity contribution in [2.45, 2.75) is 18.4 Å². The van der Waals surface area contributed by atoms with Crippen LogP contribution in [-0.2, 0) is 21.3 Å². The van der Waals surface area contributed by atoms with Gasteiger partial charge in [0.15, 0.2) is 5.69 Å². The average Bonchev–Trinajstić information content (AvgIpc) is 3.20.